The summed E-state index contributed by atoms with van der Waals surface area (Å²) in [6, 6.07) is 2.47. The third-order valence-corrected chi connectivity index (χ3v) is 3.16. The molecule has 1 aromatic rings. The summed E-state index contributed by atoms with van der Waals surface area (Å²) < 4.78 is 0. The molecule has 1 aromatic carbocycles. The van der Waals surface area contributed by atoms with Crippen molar-refractivity contribution in [2.45, 2.75) is 31.4 Å². The maximum atomic E-state index is 10.1. The van der Waals surface area contributed by atoms with Crippen LogP contribution in [-0.4, -0.2) is 33.0 Å². The molecule has 1 heterocycles. The summed E-state index contributed by atoms with van der Waals surface area (Å²) >= 11 is 0. The summed E-state index contributed by atoms with van der Waals surface area (Å²) in [7, 11) is 0. The van der Waals surface area contributed by atoms with Gasteiger partial charge in [0.1, 0.15) is 0 Å². The molecule has 17 heavy (non-hydrogen) atoms. The molecular weight excluding hydrogens is 222 g/mol. The predicted molar refractivity (Wildman–Crippen MR) is 62.0 cm³/mol. The number of nitrogens with one attached hydrogen (secondary N) is 1. The van der Waals surface area contributed by atoms with Gasteiger partial charge in [-0.25, -0.2) is 0 Å². The van der Waals surface area contributed by atoms with E-state index in [-0.39, 0.29) is 6.04 Å². The molecule has 0 bridgehead atoms. The highest BCUT2D eigenvalue weighted by molar-refractivity contribution is 5.51. The maximum absolute atomic E-state index is 10.1. The van der Waals surface area contributed by atoms with Gasteiger partial charge in [-0.05, 0) is 37.1 Å². The number of hydrogen-bond acceptors (Lipinski definition) is 5. The number of hydrogen-bond donors (Lipinski definition) is 5. The van der Waals surface area contributed by atoms with E-state index >= 15 is 0 Å². The van der Waals surface area contributed by atoms with E-state index in [1.54, 1.807) is 0 Å². The second-order valence-corrected chi connectivity index (χ2v) is 4.41. The zero-order valence-corrected chi connectivity index (χ0v) is 9.43. The molecule has 2 rings (SSSR count). The molecule has 1 aliphatic rings. The van der Waals surface area contributed by atoms with Crippen molar-refractivity contribution in [1.82, 2.24) is 5.32 Å². The van der Waals surface area contributed by atoms with Gasteiger partial charge < -0.3 is 25.7 Å². The van der Waals surface area contributed by atoms with E-state index in [9.17, 15) is 20.4 Å². The Morgan fingerprint density at radius 3 is 2.29 bits per heavy atom. The molecule has 2 unspecified atom stereocenters. The standard InChI is InChI=1S/C12H17NO4/c14-9-5-7(6-10(15)12(9)17)11(16)8-3-1-2-4-13-8/h5-6,8,11,13-17H,1-4H2. The minimum Gasteiger partial charge on any atom is -0.504 e. The molecule has 0 radical (unpaired) electrons. The maximum Gasteiger partial charge on any atom is 0.200 e. The molecule has 5 nitrogen and oxygen atoms in total. The van der Waals surface area contributed by atoms with Crippen LogP contribution in [-0.2, 0) is 0 Å². The summed E-state index contributed by atoms with van der Waals surface area (Å²) in [4.78, 5) is 0. The molecule has 0 aromatic heterocycles. The van der Waals surface area contributed by atoms with Crippen LogP contribution in [0.2, 0.25) is 0 Å². The fraction of sp³-hybridized carbons (Fsp3) is 0.500. The first kappa shape index (κ1) is 12.0. The lowest BCUT2D eigenvalue weighted by Crippen LogP contribution is -2.38. The number of aliphatic hydroxyl groups excluding tert-OH is 1. The summed E-state index contributed by atoms with van der Waals surface area (Å²) in [5, 5.41) is 41.3. The molecular formula is C12H17NO4. The largest absolute Gasteiger partial charge is 0.504 e. The van der Waals surface area contributed by atoms with Crippen molar-refractivity contribution >= 4 is 0 Å². The molecule has 5 heteroatoms. The fourth-order valence-electron chi connectivity index (χ4n) is 2.18. The van der Waals surface area contributed by atoms with Crippen LogP contribution in [0.25, 0.3) is 0 Å². The minimum atomic E-state index is -0.798. The quantitative estimate of drug-likeness (QED) is 0.496. The summed E-state index contributed by atoms with van der Waals surface area (Å²) in [6.45, 7) is 0.859. The second kappa shape index (κ2) is 4.81. The lowest BCUT2D eigenvalue weighted by molar-refractivity contribution is 0.113. The van der Waals surface area contributed by atoms with Crippen LogP contribution in [0.5, 0.6) is 17.2 Å². The van der Waals surface area contributed by atoms with E-state index < -0.39 is 23.4 Å². The van der Waals surface area contributed by atoms with E-state index in [4.69, 9.17) is 0 Å². The SMILES string of the molecule is Oc1cc(C(O)C2CCCCN2)cc(O)c1O. The van der Waals surface area contributed by atoms with Crippen LogP contribution < -0.4 is 5.32 Å². The van der Waals surface area contributed by atoms with Crippen LogP contribution >= 0.6 is 0 Å². The van der Waals surface area contributed by atoms with Gasteiger partial charge in [-0.2, -0.15) is 0 Å². The van der Waals surface area contributed by atoms with Crippen molar-refractivity contribution in [3.05, 3.63) is 17.7 Å². The Bertz CT molecular complexity index is 378. The lowest BCUT2D eigenvalue weighted by atomic mass is 9.94. The normalized spacial score (nSPS) is 22.3. The van der Waals surface area contributed by atoms with Crippen molar-refractivity contribution < 1.29 is 20.4 Å². The Balaban J connectivity index is 2.21. The molecule has 94 valence electrons. The van der Waals surface area contributed by atoms with Crippen LogP contribution in [0.1, 0.15) is 30.9 Å². The van der Waals surface area contributed by atoms with Crippen molar-refractivity contribution in [2.75, 3.05) is 6.54 Å². The first-order valence-electron chi connectivity index (χ1n) is 5.76. The third-order valence-electron chi connectivity index (χ3n) is 3.16. The molecule has 0 saturated carbocycles. The lowest BCUT2D eigenvalue weighted by Gasteiger charge is -2.28. The number of aromatic hydroxyl groups is 3. The van der Waals surface area contributed by atoms with Gasteiger partial charge in [-0.15, -0.1) is 0 Å². The minimum absolute atomic E-state index is 0.0768. The van der Waals surface area contributed by atoms with Gasteiger partial charge in [-0.3, -0.25) is 0 Å². The van der Waals surface area contributed by atoms with Gasteiger partial charge in [-0.1, -0.05) is 6.42 Å². The Hall–Kier alpha value is -1.46. The van der Waals surface area contributed by atoms with Gasteiger partial charge in [0.15, 0.2) is 17.2 Å². The number of rotatable bonds is 2. The van der Waals surface area contributed by atoms with Gasteiger partial charge in [0.2, 0.25) is 0 Å². The highest BCUT2D eigenvalue weighted by Gasteiger charge is 2.24. The average molecular weight is 239 g/mol. The van der Waals surface area contributed by atoms with E-state index in [1.807, 2.05) is 0 Å². The summed E-state index contributed by atoms with van der Waals surface area (Å²) in [6.07, 6.45) is 2.19. The average Bonchev–Trinajstić information content (AvgIpc) is 2.35. The van der Waals surface area contributed by atoms with E-state index in [2.05, 4.69) is 5.32 Å². The number of phenols is 3. The summed E-state index contributed by atoms with van der Waals surface area (Å²) in [5.41, 5.74) is 0.400. The molecule has 1 fully saturated rings. The zero-order chi connectivity index (χ0) is 12.4. The van der Waals surface area contributed by atoms with Crippen LogP contribution in [0.3, 0.4) is 0 Å². The first-order valence-corrected chi connectivity index (χ1v) is 5.76. The van der Waals surface area contributed by atoms with E-state index in [0.717, 1.165) is 25.8 Å². The van der Waals surface area contributed by atoms with Crippen LogP contribution in [0.4, 0.5) is 0 Å². The van der Waals surface area contributed by atoms with Crippen molar-refractivity contribution in [3.8, 4) is 17.2 Å². The fourth-order valence-corrected chi connectivity index (χ4v) is 2.18. The molecule has 1 aliphatic heterocycles. The Kier molecular flexibility index (Phi) is 3.40. The highest BCUT2D eigenvalue weighted by Crippen LogP contribution is 2.38. The molecule has 0 amide bonds. The number of phenolic OH excluding ortho intramolecular Hbond substituents is 3. The second-order valence-electron chi connectivity index (χ2n) is 4.41. The molecule has 2 atom stereocenters. The van der Waals surface area contributed by atoms with Gasteiger partial charge in [0.25, 0.3) is 0 Å². The monoisotopic (exact) mass is 239 g/mol. The number of aliphatic hydroxyl groups is 1. The Morgan fingerprint density at radius 2 is 1.76 bits per heavy atom. The van der Waals surface area contributed by atoms with Crippen LogP contribution in [0.15, 0.2) is 12.1 Å². The topological polar surface area (TPSA) is 93.0 Å². The van der Waals surface area contributed by atoms with Crippen molar-refractivity contribution in [1.29, 1.82) is 0 Å². The summed E-state index contributed by atoms with van der Waals surface area (Å²) in [5.74, 6) is -1.40. The van der Waals surface area contributed by atoms with Gasteiger partial charge >= 0.3 is 0 Å². The first-order chi connectivity index (χ1) is 8.09. The highest BCUT2D eigenvalue weighted by atomic mass is 16.3. The smallest absolute Gasteiger partial charge is 0.200 e. The van der Waals surface area contributed by atoms with E-state index in [1.165, 1.54) is 12.1 Å². The van der Waals surface area contributed by atoms with E-state index in [0.29, 0.717) is 5.56 Å². The Morgan fingerprint density at radius 1 is 1.12 bits per heavy atom. The zero-order valence-electron chi connectivity index (χ0n) is 9.43. The van der Waals surface area contributed by atoms with Gasteiger partial charge in [0.05, 0.1) is 6.10 Å². The molecule has 1 saturated heterocycles. The molecule has 0 spiro atoms. The molecule has 5 N–H and O–H groups in total. The Labute approximate surface area is 99.3 Å². The van der Waals surface area contributed by atoms with Crippen molar-refractivity contribution in [3.63, 3.8) is 0 Å². The van der Waals surface area contributed by atoms with Crippen molar-refractivity contribution in [2.24, 2.45) is 0 Å². The molecule has 0 aliphatic carbocycles. The van der Waals surface area contributed by atoms with Gasteiger partial charge in [0, 0.05) is 6.04 Å². The number of benzene rings is 1. The third kappa shape index (κ3) is 2.45. The van der Waals surface area contributed by atoms with Crippen LogP contribution in [0, 0.1) is 0 Å². The predicted octanol–water partition coefficient (Wildman–Crippen LogP) is 0.979. The number of piperidine rings is 1.